The molecule has 0 unspecified atom stereocenters. The lowest BCUT2D eigenvalue weighted by Crippen LogP contribution is -2.21. The molecule has 0 atom stereocenters. The van der Waals surface area contributed by atoms with Gasteiger partial charge in [-0.1, -0.05) is 37.3 Å². The third-order valence-corrected chi connectivity index (χ3v) is 12.1. The van der Waals surface area contributed by atoms with Gasteiger partial charge < -0.3 is 0 Å². The molecular formula is C16H17PS3. The molecule has 104 valence electrons. The van der Waals surface area contributed by atoms with E-state index in [1.807, 2.05) is 34.0 Å². The number of hydrogen-bond acceptors (Lipinski definition) is 3. The van der Waals surface area contributed by atoms with Crippen molar-refractivity contribution in [3.63, 3.8) is 0 Å². The molecule has 0 spiro atoms. The van der Waals surface area contributed by atoms with Gasteiger partial charge in [0.2, 0.25) is 0 Å². The molecule has 3 rings (SSSR count). The molecule has 0 saturated heterocycles. The van der Waals surface area contributed by atoms with Gasteiger partial charge in [-0.05, 0) is 40.8 Å². The molecule has 0 nitrogen and oxygen atoms in total. The van der Waals surface area contributed by atoms with Gasteiger partial charge in [0.05, 0.1) is 0 Å². The Morgan fingerprint density at radius 1 is 0.850 bits per heavy atom. The van der Waals surface area contributed by atoms with Crippen LogP contribution in [0.3, 0.4) is 0 Å². The lowest BCUT2D eigenvalue weighted by molar-refractivity contribution is 1.02. The van der Waals surface area contributed by atoms with Crippen LogP contribution in [0.15, 0.2) is 52.5 Å². The summed E-state index contributed by atoms with van der Waals surface area (Å²) in [5.41, 5.74) is 0. The first-order chi connectivity index (χ1) is 9.88. The van der Waals surface area contributed by atoms with Crippen LogP contribution in [0.25, 0.3) is 0 Å². The Hall–Kier alpha value is -0.600. The number of hydrogen-bond donors (Lipinski definition) is 0. The Labute approximate surface area is 132 Å². The van der Waals surface area contributed by atoms with E-state index in [1.165, 1.54) is 26.7 Å². The summed E-state index contributed by atoms with van der Waals surface area (Å²) in [5, 5.41) is 6.64. The Kier molecular flexibility index (Phi) is 4.62. The van der Waals surface area contributed by atoms with Crippen LogP contribution in [0.1, 0.15) is 19.8 Å². The first-order valence-electron chi connectivity index (χ1n) is 6.73. The van der Waals surface area contributed by atoms with E-state index in [1.54, 1.807) is 0 Å². The summed E-state index contributed by atoms with van der Waals surface area (Å²) in [6.45, 7) is 0.770. The van der Waals surface area contributed by atoms with Crippen molar-refractivity contribution in [1.82, 2.24) is 0 Å². The zero-order valence-corrected chi connectivity index (χ0v) is 14.7. The minimum absolute atomic E-state index is 1.18. The number of rotatable bonds is 5. The molecule has 0 saturated carbocycles. The summed E-state index contributed by atoms with van der Waals surface area (Å²) in [6.07, 6.45) is 2.39. The first-order valence-corrected chi connectivity index (χ1v) is 11.2. The van der Waals surface area contributed by atoms with Crippen molar-refractivity contribution in [2.45, 2.75) is 19.8 Å². The van der Waals surface area contributed by atoms with Crippen molar-refractivity contribution in [3.8, 4) is 0 Å². The SMILES string of the molecule is CCCC=P(c1cccs1)(c1cccs1)c1cccs1. The summed E-state index contributed by atoms with van der Waals surface area (Å²) in [5.74, 6) is 2.62. The predicted molar refractivity (Wildman–Crippen MR) is 99.8 cm³/mol. The monoisotopic (exact) mass is 336 g/mol. The topological polar surface area (TPSA) is 0 Å². The van der Waals surface area contributed by atoms with E-state index < -0.39 is 6.89 Å². The fraction of sp³-hybridized carbons (Fsp3) is 0.188. The zero-order chi connectivity index (χ0) is 13.8. The van der Waals surface area contributed by atoms with Gasteiger partial charge >= 0.3 is 0 Å². The van der Waals surface area contributed by atoms with Crippen LogP contribution < -0.4 is 13.9 Å². The maximum atomic E-state index is 2.62. The standard InChI is InChI=1S/C16H17PS3/c1-2-3-10-17(14-7-4-11-18-14,15-8-5-12-19-15)16-9-6-13-20-16/h4-13H,2-3H2,1H3. The van der Waals surface area contributed by atoms with Crippen LogP contribution in [0.4, 0.5) is 0 Å². The third kappa shape index (κ3) is 2.48. The second-order valence-electron chi connectivity index (χ2n) is 4.55. The molecule has 0 N–H and O–H groups in total. The summed E-state index contributed by atoms with van der Waals surface area (Å²) < 4.78 is 4.61. The quantitative estimate of drug-likeness (QED) is 0.589. The largest absolute Gasteiger partial charge is 0.143 e. The molecule has 0 fully saturated rings. The molecule has 3 aromatic rings. The molecule has 0 radical (unpaired) electrons. The van der Waals surface area contributed by atoms with Gasteiger partial charge in [-0.3, -0.25) is 0 Å². The van der Waals surface area contributed by atoms with E-state index in [4.69, 9.17) is 0 Å². The van der Waals surface area contributed by atoms with Gasteiger partial charge in [0.25, 0.3) is 0 Å². The number of unbranched alkanes of at least 4 members (excludes halogenated alkanes) is 1. The maximum Gasteiger partial charge on any atom is 0.0371 e. The Bertz CT molecular complexity index is 585. The van der Waals surface area contributed by atoms with Crippen LogP contribution in [0.2, 0.25) is 0 Å². The van der Waals surface area contributed by atoms with Crippen molar-refractivity contribution >= 4 is 60.5 Å². The van der Waals surface area contributed by atoms with Gasteiger partial charge in [0.15, 0.2) is 0 Å². The second-order valence-corrected chi connectivity index (χ2v) is 11.6. The fourth-order valence-corrected chi connectivity index (χ4v) is 12.0. The lowest BCUT2D eigenvalue weighted by Gasteiger charge is -2.23. The smallest absolute Gasteiger partial charge is 0.0371 e. The average Bonchev–Trinajstić information content (AvgIpc) is 3.23. The zero-order valence-electron chi connectivity index (χ0n) is 11.4. The molecule has 0 aliphatic rings. The second kappa shape index (κ2) is 6.44. The molecule has 3 heterocycles. The highest BCUT2D eigenvalue weighted by atomic mass is 32.1. The van der Waals surface area contributed by atoms with E-state index in [0.717, 1.165) is 0 Å². The average molecular weight is 336 g/mol. The highest BCUT2D eigenvalue weighted by Gasteiger charge is 2.27. The maximum absolute atomic E-state index is 2.62. The van der Waals surface area contributed by atoms with Crippen molar-refractivity contribution in [2.24, 2.45) is 0 Å². The van der Waals surface area contributed by atoms with E-state index in [9.17, 15) is 0 Å². The number of thiophene rings is 3. The van der Waals surface area contributed by atoms with Crippen molar-refractivity contribution in [1.29, 1.82) is 0 Å². The molecule has 0 aromatic carbocycles. The predicted octanol–water partition coefficient (Wildman–Crippen LogP) is 4.77. The van der Waals surface area contributed by atoms with E-state index in [-0.39, 0.29) is 0 Å². The highest BCUT2D eigenvalue weighted by molar-refractivity contribution is 8.02. The van der Waals surface area contributed by atoms with Crippen LogP contribution in [-0.2, 0) is 0 Å². The summed E-state index contributed by atoms with van der Waals surface area (Å²) in [6, 6.07) is 13.5. The van der Waals surface area contributed by atoms with E-state index >= 15 is 0 Å². The van der Waals surface area contributed by atoms with Crippen molar-refractivity contribution in [2.75, 3.05) is 0 Å². The minimum atomic E-state index is -1.50. The molecule has 3 aromatic heterocycles. The Morgan fingerprint density at radius 3 is 1.60 bits per heavy atom. The normalized spacial score (nSPS) is 11.7. The van der Waals surface area contributed by atoms with Gasteiger partial charge in [-0.25, -0.2) is 0 Å². The van der Waals surface area contributed by atoms with Gasteiger partial charge in [-0.2, -0.15) is 0 Å². The van der Waals surface area contributed by atoms with Crippen LogP contribution in [0.5, 0.6) is 0 Å². The van der Waals surface area contributed by atoms with Gasteiger partial charge in [-0.15, -0.1) is 34.0 Å². The highest BCUT2D eigenvalue weighted by Crippen LogP contribution is 2.48. The van der Waals surface area contributed by atoms with Crippen molar-refractivity contribution in [3.05, 3.63) is 52.5 Å². The van der Waals surface area contributed by atoms with Gasteiger partial charge in [0.1, 0.15) is 0 Å². The van der Waals surface area contributed by atoms with Crippen LogP contribution in [-0.4, -0.2) is 5.80 Å². The molecule has 0 aliphatic heterocycles. The summed E-state index contributed by atoms with van der Waals surface area (Å²) >= 11 is 5.72. The first kappa shape index (κ1) is 14.3. The molecule has 0 amide bonds. The van der Waals surface area contributed by atoms with Gasteiger partial charge in [0, 0.05) is 20.7 Å². The van der Waals surface area contributed by atoms with E-state index in [2.05, 4.69) is 65.3 Å². The van der Waals surface area contributed by atoms with Crippen LogP contribution >= 0.6 is 40.9 Å². The summed E-state index contributed by atoms with van der Waals surface area (Å²) in [4.78, 5) is 0. The molecular weight excluding hydrogens is 319 g/mol. The lowest BCUT2D eigenvalue weighted by atomic mass is 10.4. The molecule has 20 heavy (non-hydrogen) atoms. The van der Waals surface area contributed by atoms with Crippen LogP contribution in [0, 0.1) is 0 Å². The molecule has 4 heteroatoms. The molecule has 0 aliphatic carbocycles. The Balaban J connectivity index is 2.30. The third-order valence-electron chi connectivity index (χ3n) is 3.25. The fourth-order valence-electron chi connectivity index (χ4n) is 2.33. The van der Waals surface area contributed by atoms with E-state index in [0.29, 0.717) is 0 Å². The van der Waals surface area contributed by atoms with Crippen molar-refractivity contribution < 1.29 is 0 Å². The summed E-state index contributed by atoms with van der Waals surface area (Å²) in [7, 11) is 0. The minimum Gasteiger partial charge on any atom is -0.143 e. The Morgan fingerprint density at radius 2 is 1.30 bits per heavy atom. The molecule has 0 bridgehead atoms.